The van der Waals surface area contributed by atoms with Crippen LogP contribution in [0.5, 0.6) is 11.5 Å². The van der Waals surface area contributed by atoms with Gasteiger partial charge >= 0.3 is 0 Å². The maximum Gasteiger partial charge on any atom is 0.283 e. The predicted octanol–water partition coefficient (Wildman–Crippen LogP) is 6.23. The standard InChI is InChI=1S/C27H20ClN3O3S/c1-33-23-14-18(13-21(28)24(23)34-15-17-8-4-2-5-9-17)12-20-25(29)31-22(19-10-6-3-7-11-19)16-35-27(31)30-26(20)32/h2-14,16,29H,15H2,1H3/b20-12-,29-25?. The molecule has 0 radical (unpaired) electrons. The summed E-state index contributed by atoms with van der Waals surface area (Å²) in [4.78, 5) is 18.7. The fourth-order valence-electron chi connectivity index (χ4n) is 3.77. The third kappa shape index (κ3) is 4.60. The van der Waals surface area contributed by atoms with Crippen LogP contribution in [0, 0.1) is 5.41 Å². The van der Waals surface area contributed by atoms with E-state index in [9.17, 15) is 4.79 Å². The number of benzene rings is 3. The molecule has 0 spiro atoms. The Morgan fingerprint density at radius 2 is 1.80 bits per heavy atom. The third-order valence-electron chi connectivity index (χ3n) is 5.47. The molecule has 2 aliphatic heterocycles. The van der Waals surface area contributed by atoms with Crippen molar-refractivity contribution in [2.75, 3.05) is 7.11 Å². The molecule has 6 nitrogen and oxygen atoms in total. The number of rotatable bonds is 6. The largest absolute Gasteiger partial charge is 0.493 e. The number of amidine groups is 2. The Morgan fingerprint density at radius 3 is 2.51 bits per heavy atom. The number of thioether (sulfide) groups is 1. The van der Waals surface area contributed by atoms with Crippen molar-refractivity contribution >= 4 is 52.0 Å². The summed E-state index contributed by atoms with van der Waals surface area (Å²) >= 11 is 7.87. The summed E-state index contributed by atoms with van der Waals surface area (Å²) in [5.74, 6) is 0.423. The van der Waals surface area contributed by atoms with Gasteiger partial charge in [-0.1, -0.05) is 84.0 Å². The van der Waals surface area contributed by atoms with Gasteiger partial charge in [0.1, 0.15) is 12.4 Å². The smallest absolute Gasteiger partial charge is 0.283 e. The van der Waals surface area contributed by atoms with E-state index < -0.39 is 5.91 Å². The topological polar surface area (TPSA) is 75.0 Å². The molecule has 0 fully saturated rings. The Morgan fingerprint density at radius 1 is 1.09 bits per heavy atom. The van der Waals surface area contributed by atoms with Crippen molar-refractivity contribution in [1.29, 1.82) is 5.41 Å². The summed E-state index contributed by atoms with van der Waals surface area (Å²) < 4.78 is 11.4. The normalized spacial score (nSPS) is 16.2. The zero-order valence-electron chi connectivity index (χ0n) is 18.7. The lowest BCUT2D eigenvalue weighted by Crippen LogP contribution is -2.38. The van der Waals surface area contributed by atoms with Gasteiger partial charge in [-0.15, -0.1) is 0 Å². The second kappa shape index (κ2) is 9.82. The first-order valence-corrected chi connectivity index (χ1v) is 12.0. The maximum atomic E-state index is 12.8. The molecule has 0 aliphatic carbocycles. The van der Waals surface area contributed by atoms with Crippen molar-refractivity contribution in [2.24, 2.45) is 4.99 Å². The average Bonchev–Trinajstić information content (AvgIpc) is 3.30. The number of carbonyl (C=O) groups excluding carboxylic acids is 1. The van der Waals surface area contributed by atoms with Crippen LogP contribution in [0.3, 0.4) is 0 Å². The Balaban J connectivity index is 1.45. The SMILES string of the molecule is COc1cc(/C=C2/C(=N)N3C(c4ccccc4)=CSC3=NC2=O)cc(Cl)c1OCc1ccccc1. The first-order chi connectivity index (χ1) is 17.0. The van der Waals surface area contributed by atoms with Crippen LogP contribution in [0.2, 0.25) is 5.02 Å². The molecule has 0 saturated heterocycles. The lowest BCUT2D eigenvalue weighted by atomic mass is 10.1. The molecule has 0 atom stereocenters. The van der Waals surface area contributed by atoms with Crippen LogP contribution >= 0.6 is 23.4 Å². The number of aliphatic imine (C=N–C) groups is 1. The van der Waals surface area contributed by atoms with E-state index in [1.54, 1.807) is 23.1 Å². The van der Waals surface area contributed by atoms with Gasteiger partial charge in [0, 0.05) is 5.41 Å². The minimum Gasteiger partial charge on any atom is -0.493 e. The van der Waals surface area contributed by atoms with Crippen molar-refractivity contribution in [2.45, 2.75) is 6.61 Å². The van der Waals surface area contributed by atoms with E-state index in [2.05, 4.69) is 4.99 Å². The number of methoxy groups -OCH3 is 1. The Labute approximate surface area is 212 Å². The molecule has 0 bridgehead atoms. The number of halogens is 1. The second-order valence-corrected chi connectivity index (χ2v) is 8.98. The van der Waals surface area contributed by atoms with Gasteiger partial charge in [0.05, 0.1) is 23.4 Å². The molecule has 0 unspecified atom stereocenters. The average molecular weight is 502 g/mol. The van der Waals surface area contributed by atoms with Crippen molar-refractivity contribution < 1.29 is 14.3 Å². The number of hydrogen-bond acceptors (Lipinski definition) is 5. The van der Waals surface area contributed by atoms with Crippen LogP contribution in [0.15, 0.2) is 88.8 Å². The van der Waals surface area contributed by atoms with E-state index in [1.807, 2.05) is 66.1 Å². The Hall–Kier alpha value is -3.81. The highest BCUT2D eigenvalue weighted by atomic mass is 35.5. The molecule has 174 valence electrons. The molecule has 3 aromatic rings. The highest BCUT2D eigenvalue weighted by Crippen LogP contribution is 2.40. The second-order valence-electron chi connectivity index (χ2n) is 7.74. The van der Waals surface area contributed by atoms with Crippen LogP contribution in [-0.2, 0) is 11.4 Å². The highest BCUT2D eigenvalue weighted by molar-refractivity contribution is 8.17. The number of carbonyl (C=O) groups is 1. The molecular weight excluding hydrogens is 482 g/mol. The van der Waals surface area contributed by atoms with Crippen LogP contribution in [0.1, 0.15) is 16.7 Å². The highest BCUT2D eigenvalue weighted by Gasteiger charge is 2.36. The lowest BCUT2D eigenvalue weighted by Gasteiger charge is -2.27. The molecule has 8 heteroatoms. The molecule has 1 amide bonds. The monoisotopic (exact) mass is 501 g/mol. The van der Waals surface area contributed by atoms with Gasteiger partial charge in [0.2, 0.25) is 0 Å². The summed E-state index contributed by atoms with van der Waals surface area (Å²) in [6.45, 7) is 0.333. The molecule has 35 heavy (non-hydrogen) atoms. The van der Waals surface area contributed by atoms with Crippen LogP contribution in [0.4, 0.5) is 0 Å². The number of nitrogens with one attached hydrogen (secondary N) is 1. The fourth-order valence-corrected chi connectivity index (χ4v) is 4.94. The summed E-state index contributed by atoms with van der Waals surface area (Å²) in [6.07, 6.45) is 1.60. The number of ether oxygens (including phenoxy) is 2. The maximum absolute atomic E-state index is 12.8. The molecule has 2 aliphatic rings. The lowest BCUT2D eigenvalue weighted by molar-refractivity contribution is -0.114. The zero-order valence-corrected chi connectivity index (χ0v) is 20.3. The van der Waals surface area contributed by atoms with Crippen LogP contribution in [0.25, 0.3) is 11.8 Å². The van der Waals surface area contributed by atoms with Gasteiger partial charge < -0.3 is 9.47 Å². The first kappa shape index (κ1) is 23.0. The number of nitrogens with zero attached hydrogens (tertiary/aromatic N) is 2. The first-order valence-electron chi connectivity index (χ1n) is 10.8. The summed E-state index contributed by atoms with van der Waals surface area (Å²) in [7, 11) is 1.53. The molecule has 3 aromatic carbocycles. The van der Waals surface area contributed by atoms with E-state index in [1.165, 1.54) is 18.9 Å². The molecule has 5 rings (SSSR count). The minimum atomic E-state index is -0.476. The van der Waals surface area contributed by atoms with Gasteiger partial charge in [0.15, 0.2) is 16.7 Å². The predicted molar refractivity (Wildman–Crippen MR) is 141 cm³/mol. The Bertz CT molecular complexity index is 1400. The van der Waals surface area contributed by atoms with Crippen molar-refractivity contribution in [3.63, 3.8) is 0 Å². The number of hydrogen-bond donors (Lipinski definition) is 1. The van der Waals surface area contributed by atoms with Gasteiger partial charge in [-0.05, 0) is 34.9 Å². The van der Waals surface area contributed by atoms with Crippen LogP contribution in [-0.4, -0.2) is 28.9 Å². The fraction of sp³-hybridized carbons (Fsp3) is 0.0741. The number of fused-ring (bicyclic) bond motifs is 1. The third-order valence-corrected chi connectivity index (χ3v) is 6.58. The molecule has 2 heterocycles. The van der Waals surface area contributed by atoms with E-state index in [0.29, 0.717) is 33.9 Å². The summed E-state index contributed by atoms with van der Waals surface area (Å²) in [5, 5.41) is 11.5. The van der Waals surface area contributed by atoms with E-state index >= 15 is 0 Å². The van der Waals surface area contributed by atoms with Crippen LogP contribution < -0.4 is 9.47 Å². The van der Waals surface area contributed by atoms with Gasteiger partial charge in [0.25, 0.3) is 5.91 Å². The molecule has 0 saturated carbocycles. The van der Waals surface area contributed by atoms with Crippen molar-refractivity contribution in [3.05, 3.63) is 105 Å². The molecule has 0 aromatic heterocycles. The molecular formula is C27H20ClN3O3S. The van der Waals surface area contributed by atoms with E-state index in [4.69, 9.17) is 26.5 Å². The Kier molecular flexibility index (Phi) is 6.44. The summed E-state index contributed by atoms with van der Waals surface area (Å²) in [5.41, 5.74) is 3.50. The molecule has 1 N–H and O–H groups in total. The van der Waals surface area contributed by atoms with Gasteiger partial charge in [-0.25, -0.2) is 0 Å². The van der Waals surface area contributed by atoms with E-state index in [0.717, 1.165) is 16.8 Å². The van der Waals surface area contributed by atoms with E-state index in [-0.39, 0.29) is 11.4 Å². The minimum absolute atomic E-state index is 0.0552. The zero-order chi connectivity index (χ0) is 24.4. The summed E-state index contributed by atoms with van der Waals surface area (Å²) in [6, 6.07) is 22.9. The van der Waals surface area contributed by atoms with Gasteiger partial charge in [-0.3, -0.25) is 15.1 Å². The van der Waals surface area contributed by atoms with Crippen molar-refractivity contribution in [3.8, 4) is 11.5 Å². The van der Waals surface area contributed by atoms with Gasteiger partial charge in [-0.2, -0.15) is 4.99 Å². The quantitative estimate of drug-likeness (QED) is 0.405. The number of amides is 1. The van der Waals surface area contributed by atoms with Crippen molar-refractivity contribution in [1.82, 2.24) is 4.90 Å².